The molecule has 0 aliphatic carbocycles. The van der Waals surface area contributed by atoms with E-state index in [4.69, 9.17) is 16.3 Å². The van der Waals surface area contributed by atoms with E-state index < -0.39 is 40.5 Å². The van der Waals surface area contributed by atoms with E-state index in [0.29, 0.717) is 16.4 Å². The molecule has 2 N–H and O–H groups in total. The van der Waals surface area contributed by atoms with Crippen LogP contribution in [0.5, 0.6) is 0 Å². The number of para-hydroxylation sites is 1. The molecule has 2 aromatic rings. The van der Waals surface area contributed by atoms with Crippen LogP contribution in [0.15, 0.2) is 53.4 Å². The van der Waals surface area contributed by atoms with E-state index in [1.807, 2.05) is 0 Å². The van der Waals surface area contributed by atoms with E-state index in [9.17, 15) is 22.8 Å². The normalized spacial score (nSPS) is 10.8. The summed E-state index contributed by atoms with van der Waals surface area (Å²) < 4.78 is 29.4. The number of carbonyl (C=O) groups is 3. The number of amides is 2. The molecule has 0 saturated heterocycles. The number of ether oxygens (including phenoxy) is 1. The van der Waals surface area contributed by atoms with E-state index in [1.165, 1.54) is 31.2 Å². The number of anilines is 2. The van der Waals surface area contributed by atoms with Gasteiger partial charge in [0, 0.05) is 12.6 Å². The van der Waals surface area contributed by atoms with Gasteiger partial charge in [-0.1, -0.05) is 23.7 Å². The number of hydrogen-bond donors (Lipinski definition) is 2. The molecular formula is C19H19ClN2O6S. The topological polar surface area (TPSA) is 119 Å². The number of benzene rings is 2. The molecule has 0 spiro atoms. The van der Waals surface area contributed by atoms with Crippen molar-refractivity contribution in [3.8, 4) is 0 Å². The summed E-state index contributed by atoms with van der Waals surface area (Å²) in [5.41, 5.74) is 0.834. The Kier molecular flexibility index (Phi) is 7.74. The summed E-state index contributed by atoms with van der Waals surface area (Å²) in [5.74, 6) is -2.17. The summed E-state index contributed by atoms with van der Waals surface area (Å²) >= 11 is 5.91. The molecule has 0 bridgehead atoms. The van der Waals surface area contributed by atoms with Gasteiger partial charge in [-0.2, -0.15) is 0 Å². The average molecular weight is 439 g/mol. The van der Waals surface area contributed by atoms with Crippen LogP contribution in [-0.4, -0.2) is 38.6 Å². The summed E-state index contributed by atoms with van der Waals surface area (Å²) in [7, 11) is -3.72. The van der Waals surface area contributed by atoms with Gasteiger partial charge >= 0.3 is 5.97 Å². The number of esters is 1. The fraction of sp³-hybridized carbons (Fsp3) is 0.211. The lowest BCUT2D eigenvalue weighted by molar-refractivity contribution is -0.146. The van der Waals surface area contributed by atoms with E-state index in [-0.39, 0.29) is 10.8 Å². The van der Waals surface area contributed by atoms with Crippen LogP contribution in [0.4, 0.5) is 11.4 Å². The quantitative estimate of drug-likeness (QED) is 0.611. The Morgan fingerprint density at radius 2 is 1.66 bits per heavy atom. The van der Waals surface area contributed by atoms with Gasteiger partial charge in [0.1, 0.15) is 0 Å². The van der Waals surface area contributed by atoms with Crippen molar-refractivity contribution in [1.82, 2.24) is 0 Å². The zero-order valence-electron chi connectivity index (χ0n) is 15.5. The molecule has 0 saturated carbocycles. The molecule has 2 rings (SSSR count). The molecular weight excluding hydrogens is 420 g/mol. The zero-order valence-corrected chi connectivity index (χ0v) is 17.0. The van der Waals surface area contributed by atoms with Gasteiger partial charge in [-0.05, 0) is 36.4 Å². The number of hydrogen-bond acceptors (Lipinski definition) is 6. The number of sulfone groups is 1. The summed E-state index contributed by atoms with van der Waals surface area (Å²) in [5, 5.41) is 5.35. The SMILES string of the molecule is CC(=O)Nc1ccc(S(=O)(=O)CCC(=O)OCC(=O)Nc2ccccc2Cl)cc1. The van der Waals surface area contributed by atoms with Crippen LogP contribution in [0.3, 0.4) is 0 Å². The van der Waals surface area contributed by atoms with Crippen molar-refractivity contribution >= 4 is 50.6 Å². The largest absolute Gasteiger partial charge is 0.456 e. The summed E-state index contributed by atoms with van der Waals surface area (Å²) in [6.45, 7) is 0.778. The van der Waals surface area contributed by atoms with Gasteiger partial charge in [0.05, 0.1) is 27.8 Å². The zero-order chi connectivity index (χ0) is 21.4. The Bertz CT molecular complexity index is 1010. The summed E-state index contributed by atoms with van der Waals surface area (Å²) in [4.78, 5) is 34.6. The minimum atomic E-state index is -3.72. The van der Waals surface area contributed by atoms with Crippen molar-refractivity contribution < 1.29 is 27.5 Å². The number of rotatable bonds is 8. The van der Waals surface area contributed by atoms with Gasteiger partial charge < -0.3 is 15.4 Å². The highest BCUT2D eigenvalue weighted by Crippen LogP contribution is 2.20. The standard InChI is InChI=1S/C19H19ClN2O6S/c1-13(23)21-14-6-8-15(9-7-14)29(26,27)11-10-19(25)28-12-18(24)22-17-5-3-2-4-16(17)20/h2-9H,10-12H2,1H3,(H,21,23)(H,22,24). The van der Waals surface area contributed by atoms with Crippen LogP contribution in [0.1, 0.15) is 13.3 Å². The fourth-order valence-electron chi connectivity index (χ4n) is 2.25. The Morgan fingerprint density at radius 3 is 2.28 bits per heavy atom. The maximum absolute atomic E-state index is 12.3. The van der Waals surface area contributed by atoms with Crippen molar-refractivity contribution in [2.45, 2.75) is 18.2 Å². The highest BCUT2D eigenvalue weighted by atomic mass is 35.5. The predicted octanol–water partition coefficient (Wildman–Crippen LogP) is 2.64. The highest BCUT2D eigenvalue weighted by Gasteiger charge is 2.18. The first-order valence-electron chi connectivity index (χ1n) is 8.48. The van der Waals surface area contributed by atoms with Crippen molar-refractivity contribution in [2.24, 2.45) is 0 Å². The Balaban J connectivity index is 1.82. The molecule has 8 nitrogen and oxygen atoms in total. The molecule has 0 heterocycles. The van der Waals surface area contributed by atoms with Crippen molar-refractivity contribution in [2.75, 3.05) is 23.0 Å². The lowest BCUT2D eigenvalue weighted by atomic mass is 10.3. The molecule has 0 aliphatic rings. The van der Waals surface area contributed by atoms with Gasteiger partial charge in [0.25, 0.3) is 5.91 Å². The third-order valence-electron chi connectivity index (χ3n) is 3.62. The van der Waals surface area contributed by atoms with Gasteiger partial charge in [0.15, 0.2) is 16.4 Å². The first-order valence-corrected chi connectivity index (χ1v) is 10.5. The Labute approximate surface area is 173 Å². The molecule has 0 unspecified atom stereocenters. The maximum atomic E-state index is 12.3. The van der Waals surface area contributed by atoms with Crippen molar-refractivity contribution in [3.63, 3.8) is 0 Å². The van der Waals surface area contributed by atoms with Crippen LogP contribution in [0, 0.1) is 0 Å². The average Bonchev–Trinajstić information content (AvgIpc) is 2.66. The van der Waals surface area contributed by atoms with Crippen LogP contribution in [0.2, 0.25) is 5.02 Å². The second-order valence-electron chi connectivity index (χ2n) is 5.96. The molecule has 29 heavy (non-hydrogen) atoms. The molecule has 154 valence electrons. The Morgan fingerprint density at radius 1 is 1.00 bits per heavy atom. The molecule has 0 fully saturated rings. The molecule has 10 heteroatoms. The molecule has 2 aromatic carbocycles. The highest BCUT2D eigenvalue weighted by molar-refractivity contribution is 7.91. The molecule has 0 aromatic heterocycles. The van der Waals surface area contributed by atoms with Gasteiger partial charge in [-0.3, -0.25) is 14.4 Å². The van der Waals surface area contributed by atoms with Crippen molar-refractivity contribution in [3.05, 3.63) is 53.6 Å². The van der Waals surface area contributed by atoms with Gasteiger partial charge in [-0.25, -0.2) is 8.42 Å². The molecule has 2 amide bonds. The predicted molar refractivity (Wildman–Crippen MR) is 108 cm³/mol. The van der Waals surface area contributed by atoms with Crippen molar-refractivity contribution in [1.29, 1.82) is 0 Å². The first kappa shape index (κ1) is 22.4. The van der Waals surface area contributed by atoms with Crippen LogP contribution in [0.25, 0.3) is 0 Å². The summed E-state index contributed by atoms with van der Waals surface area (Å²) in [6, 6.07) is 12.1. The number of halogens is 1. The number of carbonyl (C=O) groups excluding carboxylic acids is 3. The lowest BCUT2D eigenvalue weighted by Gasteiger charge is -2.08. The first-order chi connectivity index (χ1) is 13.7. The lowest BCUT2D eigenvalue weighted by Crippen LogP contribution is -2.22. The molecule has 0 aliphatic heterocycles. The smallest absolute Gasteiger partial charge is 0.307 e. The molecule has 0 atom stereocenters. The van der Waals surface area contributed by atoms with E-state index in [0.717, 1.165) is 0 Å². The third-order valence-corrected chi connectivity index (χ3v) is 5.68. The van der Waals surface area contributed by atoms with Gasteiger partial charge in [-0.15, -0.1) is 0 Å². The van der Waals surface area contributed by atoms with E-state index in [2.05, 4.69) is 10.6 Å². The van der Waals surface area contributed by atoms with Crippen LogP contribution < -0.4 is 10.6 Å². The minimum Gasteiger partial charge on any atom is -0.456 e. The van der Waals surface area contributed by atoms with E-state index in [1.54, 1.807) is 24.3 Å². The van der Waals surface area contributed by atoms with Gasteiger partial charge in [0.2, 0.25) is 5.91 Å². The summed E-state index contributed by atoms with van der Waals surface area (Å²) in [6.07, 6.45) is -0.408. The fourth-order valence-corrected chi connectivity index (χ4v) is 3.66. The van der Waals surface area contributed by atoms with Crippen LogP contribution >= 0.6 is 11.6 Å². The Hall–Kier alpha value is -2.91. The molecule has 0 radical (unpaired) electrons. The second kappa shape index (κ2) is 10.0. The van der Waals surface area contributed by atoms with E-state index >= 15 is 0 Å². The monoisotopic (exact) mass is 438 g/mol. The van der Waals surface area contributed by atoms with Crippen LogP contribution in [-0.2, 0) is 29.0 Å². The number of nitrogens with one attached hydrogen (secondary N) is 2. The third kappa shape index (κ3) is 7.20. The minimum absolute atomic E-state index is 0.0101. The maximum Gasteiger partial charge on any atom is 0.307 e. The second-order valence-corrected chi connectivity index (χ2v) is 8.48.